The lowest BCUT2D eigenvalue weighted by molar-refractivity contribution is -0.138. The minimum absolute atomic E-state index is 0.00412. The van der Waals surface area contributed by atoms with Crippen LogP contribution in [0.25, 0.3) is 54.5 Å². The molecule has 33 heteroatoms. The van der Waals surface area contributed by atoms with Gasteiger partial charge in [-0.05, 0) is 100 Å². The van der Waals surface area contributed by atoms with Crippen molar-refractivity contribution < 1.29 is 71.6 Å². The first-order chi connectivity index (χ1) is 63.0. The molecule has 0 atom stereocenters. The van der Waals surface area contributed by atoms with Crippen molar-refractivity contribution in [2.45, 2.75) is 34.6 Å². The molecule has 130 heavy (non-hydrogen) atoms. The number of carbonyl (C=O) groups excluding carboxylic acids is 10. The highest BCUT2D eigenvalue weighted by molar-refractivity contribution is 7.10. The van der Waals surface area contributed by atoms with Crippen LogP contribution in [0, 0.1) is 27.7 Å². The van der Waals surface area contributed by atoms with Gasteiger partial charge in [-0.2, -0.15) is 0 Å². The maximum atomic E-state index is 12.3. The highest BCUT2D eigenvalue weighted by Crippen LogP contribution is 2.26. The molecule has 0 aliphatic heterocycles. The van der Waals surface area contributed by atoms with Crippen molar-refractivity contribution >= 4 is 159 Å². The lowest BCUT2D eigenvalue weighted by Gasteiger charge is -1.98. The Bertz CT molecular complexity index is 6070. The van der Waals surface area contributed by atoms with Gasteiger partial charge >= 0.3 is 29.8 Å². The predicted molar refractivity (Wildman–Crippen MR) is 500 cm³/mol. The van der Waals surface area contributed by atoms with Gasteiger partial charge in [-0.3, -0.25) is 43.7 Å². The molecule has 0 bridgehead atoms. The van der Waals surface area contributed by atoms with Crippen LogP contribution in [0.2, 0.25) is 0 Å². The number of benzene rings is 6. The van der Waals surface area contributed by atoms with Crippen LogP contribution >= 0.6 is 45.3 Å². The zero-order valence-corrected chi connectivity index (χ0v) is 74.8. The van der Waals surface area contributed by atoms with Crippen molar-refractivity contribution in [3.8, 4) is 0 Å². The molecule has 0 radical (unpaired) electrons. The number of nitrogens with one attached hydrogen (secondary N) is 5. The summed E-state index contributed by atoms with van der Waals surface area (Å²) in [5, 5.41) is 14.9. The molecule has 19 rings (SSSR count). The Labute approximate surface area is 760 Å². The third kappa shape index (κ3) is 26.9. The van der Waals surface area contributed by atoms with Gasteiger partial charge < -0.3 is 48.6 Å². The van der Waals surface area contributed by atoms with E-state index in [2.05, 4.69) is 93.5 Å². The summed E-state index contributed by atoms with van der Waals surface area (Å²) >= 11 is 5.74. The number of hydrogen-bond acceptors (Lipinski definition) is 28. The number of methoxy groups -OCH3 is 5. The maximum absolute atomic E-state index is 12.3. The van der Waals surface area contributed by atoms with Gasteiger partial charge in [0, 0.05) is 196 Å². The van der Waals surface area contributed by atoms with Crippen LogP contribution in [-0.2, 0) is 28.5 Å². The molecule has 0 amide bonds. The molecule has 0 aliphatic rings. The second-order valence-electron chi connectivity index (χ2n) is 26.7. The number of rotatable bonds is 14. The van der Waals surface area contributed by atoms with Crippen LogP contribution in [0.3, 0.4) is 0 Å². The number of para-hydroxylation sites is 5. The van der Waals surface area contributed by atoms with Gasteiger partial charge in [0.2, 0.25) is 17.4 Å². The summed E-state index contributed by atoms with van der Waals surface area (Å²) in [6.45, 7) is 8.74. The molecular weight excluding hydrogens is 1730 g/mol. The number of H-pyrrole nitrogens is 5. The van der Waals surface area contributed by atoms with Gasteiger partial charge in [-0.15, -0.1) is 45.3 Å². The molecule has 13 aromatic heterocycles. The number of pyridine rings is 3. The monoisotopic (exact) mass is 1810 g/mol. The van der Waals surface area contributed by atoms with E-state index in [-0.39, 0.29) is 64.6 Å². The van der Waals surface area contributed by atoms with E-state index in [9.17, 15) is 47.9 Å². The largest absolute Gasteiger partial charge is 0.469 e. The van der Waals surface area contributed by atoms with Crippen molar-refractivity contribution in [1.29, 1.82) is 0 Å². The van der Waals surface area contributed by atoms with Crippen molar-refractivity contribution in [3.63, 3.8) is 0 Å². The van der Waals surface area contributed by atoms with E-state index in [0.717, 1.165) is 85.7 Å². The highest BCUT2D eigenvalue weighted by Gasteiger charge is 2.20. The number of aromatic nitrogens is 14. The first kappa shape index (κ1) is 96.0. The number of thiazole rings is 4. The predicted octanol–water partition coefficient (Wildman–Crippen LogP) is 19.1. The fourth-order valence-corrected chi connectivity index (χ4v) is 14.1. The van der Waals surface area contributed by atoms with E-state index in [4.69, 9.17) is 0 Å². The second kappa shape index (κ2) is 48.9. The molecule has 6 aromatic carbocycles. The minimum Gasteiger partial charge on any atom is -0.469 e. The van der Waals surface area contributed by atoms with Crippen molar-refractivity contribution in [1.82, 2.24) is 69.8 Å². The molecule has 0 spiro atoms. The van der Waals surface area contributed by atoms with E-state index >= 15 is 0 Å². The van der Waals surface area contributed by atoms with Crippen LogP contribution in [0.5, 0.6) is 0 Å². The van der Waals surface area contributed by atoms with Crippen molar-refractivity contribution in [3.05, 3.63) is 395 Å². The number of ketones is 5. The summed E-state index contributed by atoms with van der Waals surface area (Å²) in [6.07, 6.45) is 20.0. The third-order valence-corrected chi connectivity index (χ3v) is 21.2. The average molecular weight is 1810 g/mol. The number of nitrogens with zero attached hydrogens (tertiary/aromatic N) is 9. The first-order valence-corrected chi connectivity index (χ1v) is 42.7. The number of aromatic amines is 5. The van der Waals surface area contributed by atoms with Crippen LogP contribution < -0.4 is 0 Å². The van der Waals surface area contributed by atoms with Crippen LogP contribution in [-0.4, -0.2) is 164 Å². The molecule has 0 saturated heterocycles. The van der Waals surface area contributed by atoms with Crippen LogP contribution in [0.15, 0.2) is 296 Å². The zero-order valence-electron chi connectivity index (χ0n) is 71.6. The van der Waals surface area contributed by atoms with E-state index in [1.165, 1.54) is 87.8 Å². The highest BCUT2D eigenvalue weighted by atomic mass is 32.1. The Kier molecular flexibility index (Phi) is 36.1. The number of esters is 5. The van der Waals surface area contributed by atoms with E-state index in [0.29, 0.717) is 61.9 Å². The Morgan fingerprint density at radius 1 is 0.269 bits per heavy atom. The quantitative estimate of drug-likeness (QED) is 0.0383. The van der Waals surface area contributed by atoms with Gasteiger partial charge in [0.25, 0.3) is 0 Å². The summed E-state index contributed by atoms with van der Waals surface area (Å²) < 4.78 is 21.9. The standard InChI is InChI=1S/C15H11NO.3C14H10N2O.C13H9N3O.4C6H7NO2S.C3H6O2/c17-15(11-6-2-1-3-7-11)13-10-16-14-9-5-4-8-12(13)14;17-14(10-4-3-7-15-8-10)12-9-16-13-6-2-1-5-11(12)13;17-14(13-7-3-4-8-15-13)11-9-16-12-6-2-1-5-10(11)12;17-14(10-5-7-15-8-6-10)12-9-16-13-4-2-1-3-11(12)13;17-12(13-14-6-3-7-15-13)10-8-16-11-5-2-1-4-9(10)11;4*1-4-7-5(3-10-4)6(8)9-2;1-3(4)5-2/h1-10,16H;3*1-9,16H;1-8,16H;4*3H,1-2H3;1-2H3. The number of hydrogen-bond donors (Lipinski definition) is 5. The molecule has 0 aliphatic carbocycles. The van der Waals surface area contributed by atoms with Gasteiger partial charge in [0.05, 0.1) is 61.1 Å². The summed E-state index contributed by atoms with van der Waals surface area (Å²) in [5.74, 6) is -1.65. The van der Waals surface area contributed by atoms with Gasteiger partial charge in [0.1, 0.15) is 5.69 Å². The Hall–Kier alpha value is -16.2. The van der Waals surface area contributed by atoms with Gasteiger partial charge in [-0.25, -0.2) is 49.1 Å². The van der Waals surface area contributed by atoms with E-state index in [1.807, 2.05) is 185 Å². The smallest absolute Gasteiger partial charge is 0.357 e. The molecule has 0 fully saturated rings. The maximum Gasteiger partial charge on any atom is 0.357 e. The Morgan fingerprint density at radius 3 is 0.862 bits per heavy atom. The first-order valence-electron chi connectivity index (χ1n) is 39.2. The van der Waals surface area contributed by atoms with Crippen molar-refractivity contribution in [2.24, 2.45) is 0 Å². The number of aryl methyl sites for hydroxylation is 4. The van der Waals surface area contributed by atoms with E-state index in [1.54, 1.807) is 138 Å². The molecule has 0 saturated carbocycles. The lowest BCUT2D eigenvalue weighted by Crippen LogP contribution is -2.05. The topological polar surface area (TPSA) is 412 Å². The molecule has 19 aromatic rings. The summed E-state index contributed by atoms with van der Waals surface area (Å²) in [6, 6.07) is 62.1. The minimum atomic E-state index is -0.371. The second-order valence-corrected chi connectivity index (χ2v) is 30.9. The third-order valence-electron chi connectivity index (χ3n) is 18.1. The average Bonchev–Trinajstić information content (AvgIpc) is 1.68. The Balaban J connectivity index is 0.000000152. The summed E-state index contributed by atoms with van der Waals surface area (Å²) in [5.41, 5.74) is 12.3. The number of fused-ring (bicyclic) bond motifs is 5. The van der Waals surface area contributed by atoms with Crippen molar-refractivity contribution in [2.75, 3.05) is 35.5 Å². The Morgan fingerprint density at radius 2 is 0.562 bits per heavy atom. The molecule has 0 unspecified atom stereocenters. The van der Waals surface area contributed by atoms with Gasteiger partial charge in [-0.1, -0.05) is 127 Å². The van der Waals surface area contributed by atoms with Crippen LogP contribution in [0.1, 0.15) is 149 Å². The molecule has 5 N–H and O–H groups in total. The SMILES string of the molecule is COC(=O)c1csc(C)n1.COC(=O)c1csc(C)n1.COC(=O)c1csc(C)n1.COC(=O)c1csc(C)n1.COC(C)=O.O=C(c1ccccc1)c1c[nH]c2ccccc12.O=C(c1ccccn1)c1c[nH]c2ccccc12.O=C(c1cccnc1)c1c[nH]c2ccccc12.O=C(c1ccncc1)c1c[nH]c2ccccc12.O=C(c1ncccn1)c1c[nH]c2ccccc12. The number of ether oxygens (including phenoxy) is 5. The fraction of sp³-hybridized carbons (Fsp3) is 0.103. The molecular formula is C97H84N14O15S4. The summed E-state index contributed by atoms with van der Waals surface area (Å²) in [7, 11) is 6.73. The fourth-order valence-electron chi connectivity index (χ4n) is 11.8. The summed E-state index contributed by atoms with van der Waals surface area (Å²) in [4.78, 5) is 165. The lowest BCUT2D eigenvalue weighted by atomic mass is 10.0. The van der Waals surface area contributed by atoms with E-state index < -0.39 is 0 Å². The molecule has 13 heterocycles. The molecule has 29 nitrogen and oxygen atoms in total. The van der Waals surface area contributed by atoms with Gasteiger partial charge in [0.15, 0.2) is 40.1 Å². The number of carbonyl (C=O) groups is 10. The normalized spacial score (nSPS) is 10.1. The van der Waals surface area contributed by atoms with Crippen LogP contribution in [0.4, 0.5) is 0 Å². The zero-order chi connectivity index (χ0) is 92.9. The molecule has 656 valence electrons.